The maximum atomic E-state index is 13.1. The van der Waals surface area contributed by atoms with Crippen molar-refractivity contribution in [3.05, 3.63) is 59.3 Å². The van der Waals surface area contributed by atoms with Gasteiger partial charge in [-0.1, -0.05) is 12.1 Å². The molecule has 1 aromatic carbocycles. The molecule has 3 rings (SSSR count). The molecule has 1 heterocycles. The van der Waals surface area contributed by atoms with Crippen molar-refractivity contribution in [3.8, 4) is 5.88 Å². The quantitative estimate of drug-likeness (QED) is 0.786. The summed E-state index contributed by atoms with van der Waals surface area (Å²) in [6.45, 7) is 1.74. The summed E-state index contributed by atoms with van der Waals surface area (Å²) in [5, 5.41) is 0. The zero-order valence-electron chi connectivity index (χ0n) is 14.5. The molecule has 4 nitrogen and oxygen atoms in total. The molecule has 138 valence electrons. The van der Waals surface area contributed by atoms with E-state index in [9.17, 15) is 18.0 Å². The summed E-state index contributed by atoms with van der Waals surface area (Å²) in [5.41, 5.74) is 0.0349. The normalized spacial score (nSPS) is 15.4. The maximum absolute atomic E-state index is 13.1. The Morgan fingerprint density at radius 2 is 2.00 bits per heavy atom. The van der Waals surface area contributed by atoms with Crippen LogP contribution in [0.15, 0.2) is 42.6 Å². The number of hydrogen-bond donors (Lipinski definition) is 0. The van der Waals surface area contributed by atoms with Crippen molar-refractivity contribution in [2.24, 2.45) is 0 Å². The molecule has 26 heavy (non-hydrogen) atoms. The summed E-state index contributed by atoms with van der Waals surface area (Å²) < 4.78 is 44.2. The lowest BCUT2D eigenvalue weighted by Crippen LogP contribution is -2.36. The number of pyridine rings is 1. The van der Waals surface area contributed by atoms with Gasteiger partial charge in [0.25, 0.3) is 5.91 Å². The molecule has 1 fully saturated rings. The highest BCUT2D eigenvalue weighted by atomic mass is 19.4. The number of benzene rings is 1. The van der Waals surface area contributed by atoms with Crippen LogP contribution in [0.25, 0.3) is 0 Å². The van der Waals surface area contributed by atoms with Crippen molar-refractivity contribution in [3.63, 3.8) is 0 Å². The number of methoxy groups -OCH3 is 1. The van der Waals surface area contributed by atoms with E-state index in [0.717, 1.165) is 25.0 Å². The molecule has 0 saturated heterocycles. The van der Waals surface area contributed by atoms with Gasteiger partial charge in [0.15, 0.2) is 0 Å². The molecule has 1 aliphatic carbocycles. The highest BCUT2D eigenvalue weighted by molar-refractivity contribution is 5.97. The van der Waals surface area contributed by atoms with E-state index in [4.69, 9.17) is 4.74 Å². The number of carbonyl (C=O) groups is 1. The number of halogens is 3. The van der Waals surface area contributed by atoms with Crippen molar-refractivity contribution in [2.75, 3.05) is 7.11 Å². The van der Waals surface area contributed by atoms with E-state index in [1.54, 1.807) is 30.0 Å². The minimum Gasteiger partial charge on any atom is -0.480 e. The number of ether oxygens (including phenoxy) is 1. The maximum Gasteiger partial charge on any atom is 0.416 e. The van der Waals surface area contributed by atoms with Crippen LogP contribution in [-0.4, -0.2) is 28.9 Å². The summed E-state index contributed by atoms with van der Waals surface area (Å²) in [6, 6.07) is 7.88. The van der Waals surface area contributed by atoms with Crippen LogP contribution in [0.2, 0.25) is 0 Å². The van der Waals surface area contributed by atoms with Gasteiger partial charge in [0, 0.05) is 12.2 Å². The van der Waals surface area contributed by atoms with Gasteiger partial charge in [0.05, 0.1) is 18.7 Å². The Kier molecular flexibility index (Phi) is 4.89. The summed E-state index contributed by atoms with van der Waals surface area (Å²) >= 11 is 0. The standard InChI is InChI=1S/C19H19F3N2O2/c1-12(13-5-3-6-14(11-13)19(20,21)22)24(15-8-9-15)18(25)16-7-4-10-23-17(16)26-2/h3-7,10-12,15H,8-9H2,1-2H3. The molecule has 0 aliphatic heterocycles. The summed E-state index contributed by atoms with van der Waals surface area (Å²) in [6.07, 6.45) is -1.24. The molecule has 0 spiro atoms. The molecule has 1 saturated carbocycles. The molecule has 0 radical (unpaired) electrons. The second-order valence-electron chi connectivity index (χ2n) is 6.30. The lowest BCUT2D eigenvalue weighted by Gasteiger charge is -2.30. The van der Waals surface area contributed by atoms with Crippen LogP contribution < -0.4 is 4.74 Å². The molecule has 2 aromatic rings. The highest BCUT2D eigenvalue weighted by Crippen LogP contribution is 2.38. The number of carbonyl (C=O) groups excluding carboxylic acids is 1. The van der Waals surface area contributed by atoms with Crippen molar-refractivity contribution < 1.29 is 22.7 Å². The molecular formula is C19H19F3N2O2. The van der Waals surface area contributed by atoms with Crippen LogP contribution in [0.5, 0.6) is 5.88 Å². The predicted octanol–water partition coefficient (Wildman–Crippen LogP) is 4.47. The lowest BCUT2D eigenvalue weighted by atomic mass is 10.0. The Morgan fingerprint density at radius 3 is 2.62 bits per heavy atom. The molecule has 1 amide bonds. The first kappa shape index (κ1) is 18.2. The second-order valence-corrected chi connectivity index (χ2v) is 6.30. The van der Waals surface area contributed by atoms with E-state index in [-0.39, 0.29) is 17.8 Å². The van der Waals surface area contributed by atoms with E-state index in [1.807, 2.05) is 0 Å². The minimum absolute atomic E-state index is 0.0111. The number of hydrogen-bond acceptors (Lipinski definition) is 3. The molecule has 1 aliphatic rings. The number of nitrogens with zero attached hydrogens (tertiary/aromatic N) is 2. The van der Waals surface area contributed by atoms with E-state index < -0.39 is 17.8 Å². The Labute approximate surface area is 149 Å². The first-order valence-electron chi connectivity index (χ1n) is 8.31. The summed E-state index contributed by atoms with van der Waals surface area (Å²) in [5.74, 6) is -0.0817. The molecule has 0 bridgehead atoms. The van der Waals surface area contributed by atoms with Gasteiger partial charge in [-0.15, -0.1) is 0 Å². The molecule has 1 aromatic heterocycles. The molecule has 7 heteroatoms. The predicted molar refractivity (Wildman–Crippen MR) is 89.8 cm³/mol. The van der Waals surface area contributed by atoms with Crippen LogP contribution in [0, 0.1) is 0 Å². The van der Waals surface area contributed by atoms with Gasteiger partial charge in [-0.05, 0) is 49.6 Å². The smallest absolute Gasteiger partial charge is 0.416 e. The minimum atomic E-state index is -4.42. The summed E-state index contributed by atoms with van der Waals surface area (Å²) in [4.78, 5) is 18.8. The Bertz CT molecular complexity index is 803. The van der Waals surface area contributed by atoms with Gasteiger partial charge in [0.2, 0.25) is 5.88 Å². The van der Waals surface area contributed by atoms with Crippen LogP contribution in [0.3, 0.4) is 0 Å². The van der Waals surface area contributed by atoms with Gasteiger partial charge in [-0.2, -0.15) is 13.2 Å². The van der Waals surface area contributed by atoms with Crippen LogP contribution in [0.4, 0.5) is 13.2 Å². The third kappa shape index (κ3) is 3.66. The van der Waals surface area contributed by atoms with Gasteiger partial charge in [0.1, 0.15) is 5.56 Å². The second kappa shape index (κ2) is 6.97. The number of rotatable bonds is 5. The average Bonchev–Trinajstić information content (AvgIpc) is 3.46. The van der Waals surface area contributed by atoms with E-state index >= 15 is 0 Å². The molecule has 0 N–H and O–H groups in total. The first-order valence-corrected chi connectivity index (χ1v) is 8.31. The number of alkyl halides is 3. The van der Waals surface area contributed by atoms with Crippen molar-refractivity contribution in [1.82, 2.24) is 9.88 Å². The fourth-order valence-electron chi connectivity index (χ4n) is 3.00. The Balaban J connectivity index is 1.95. The fraction of sp³-hybridized carbons (Fsp3) is 0.368. The van der Waals surface area contributed by atoms with Crippen molar-refractivity contribution in [2.45, 2.75) is 38.0 Å². The van der Waals surface area contributed by atoms with E-state index in [0.29, 0.717) is 11.1 Å². The molecule has 1 unspecified atom stereocenters. The zero-order valence-corrected chi connectivity index (χ0v) is 14.5. The Morgan fingerprint density at radius 1 is 1.27 bits per heavy atom. The average molecular weight is 364 g/mol. The lowest BCUT2D eigenvalue weighted by molar-refractivity contribution is -0.137. The monoisotopic (exact) mass is 364 g/mol. The fourth-order valence-corrected chi connectivity index (χ4v) is 3.00. The largest absolute Gasteiger partial charge is 0.480 e. The van der Waals surface area contributed by atoms with Crippen LogP contribution >= 0.6 is 0 Å². The number of amides is 1. The SMILES string of the molecule is COc1ncccc1C(=O)N(C1CC1)C(C)c1cccc(C(F)(F)F)c1. The molecular weight excluding hydrogens is 345 g/mol. The van der Waals surface area contributed by atoms with Crippen LogP contribution in [0.1, 0.15) is 47.3 Å². The van der Waals surface area contributed by atoms with E-state index in [1.165, 1.54) is 19.4 Å². The van der Waals surface area contributed by atoms with E-state index in [2.05, 4.69) is 4.98 Å². The van der Waals surface area contributed by atoms with Gasteiger partial charge < -0.3 is 9.64 Å². The third-order valence-corrected chi connectivity index (χ3v) is 4.48. The topological polar surface area (TPSA) is 42.4 Å². The third-order valence-electron chi connectivity index (χ3n) is 4.48. The highest BCUT2D eigenvalue weighted by Gasteiger charge is 2.38. The van der Waals surface area contributed by atoms with Crippen molar-refractivity contribution in [1.29, 1.82) is 0 Å². The van der Waals surface area contributed by atoms with Gasteiger partial charge in [-0.25, -0.2) is 4.98 Å². The van der Waals surface area contributed by atoms with Gasteiger partial charge >= 0.3 is 6.18 Å². The zero-order chi connectivity index (χ0) is 18.9. The van der Waals surface area contributed by atoms with Crippen LogP contribution in [-0.2, 0) is 6.18 Å². The van der Waals surface area contributed by atoms with Gasteiger partial charge in [-0.3, -0.25) is 4.79 Å². The first-order chi connectivity index (χ1) is 12.3. The molecule has 1 atom stereocenters. The summed E-state index contributed by atoms with van der Waals surface area (Å²) in [7, 11) is 1.43. The Hall–Kier alpha value is -2.57. The number of aromatic nitrogens is 1. The van der Waals surface area contributed by atoms with Crippen molar-refractivity contribution >= 4 is 5.91 Å².